The van der Waals surface area contributed by atoms with E-state index in [1.54, 1.807) is 6.08 Å². The molecule has 60 valence electrons. The van der Waals surface area contributed by atoms with Crippen LogP contribution in [0, 0.1) is 0 Å². The maximum absolute atomic E-state index is 10.8. The van der Waals surface area contributed by atoms with Gasteiger partial charge in [0.15, 0.2) is 0 Å². The maximum Gasteiger partial charge on any atom is 0.315 e. The summed E-state index contributed by atoms with van der Waals surface area (Å²) in [5.41, 5.74) is 0.703. The van der Waals surface area contributed by atoms with Crippen molar-refractivity contribution in [3.63, 3.8) is 0 Å². The van der Waals surface area contributed by atoms with Crippen LogP contribution in [-0.4, -0.2) is 18.1 Å². The predicted molar refractivity (Wildman–Crippen MR) is 40.4 cm³/mol. The molecule has 0 saturated heterocycles. The van der Waals surface area contributed by atoms with Gasteiger partial charge in [0.25, 0.3) is 5.91 Å². The van der Waals surface area contributed by atoms with Gasteiger partial charge in [0.2, 0.25) is 0 Å². The fourth-order valence-electron chi connectivity index (χ4n) is 1.03. The van der Waals surface area contributed by atoms with E-state index >= 15 is 0 Å². The van der Waals surface area contributed by atoms with Crippen LogP contribution in [-0.2, 0) is 14.3 Å². The van der Waals surface area contributed by atoms with Crippen molar-refractivity contribution in [2.24, 2.45) is 4.99 Å². The van der Waals surface area contributed by atoms with E-state index in [1.165, 1.54) is 12.3 Å². The lowest BCUT2D eigenvalue weighted by molar-refractivity contribution is -0.138. The Kier molecular flexibility index (Phi) is 1.40. The van der Waals surface area contributed by atoms with Crippen LogP contribution < -0.4 is 0 Å². The Morgan fingerprint density at radius 3 is 3.08 bits per heavy atom. The van der Waals surface area contributed by atoms with E-state index in [9.17, 15) is 9.59 Å². The van der Waals surface area contributed by atoms with Gasteiger partial charge in [0.05, 0.1) is 6.42 Å². The minimum atomic E-state index is -0.392. The van der Waals surface area contributed by atoms with Gasteiger partial charge in [-0.15, -0.1) is 0 Å². The summed E-state index contributed by atoms with van der Waals surface area (Å²) in [4.78, 5) is 25.0. The number of esters is 1. The Labute approximate surface area is 68.2 Å². The molecule has 0 radical (unpaired) electrons. The molecule has 2 rings (SSSR count). The first-order chi connectivity index (χ1) is 5.75. The van der Waals surface area contributed by atoms with Gasteiger partial charge in [-0.3, -0.25) is 9.59 Å². The number of nitrogens with zero attached hydrogens (tertiary/aromatic N) is 1. The molecule has 2 aliphatic heterocycles. The van der Waals surface area contributed by atoms with E-state index in [0.29, 0.717) is 11.3 Å². The molecule has 0 aliphatic carbocycles. The molecule has 1 amide bonds. The molecular formula is C8H5NO3. The molecule has 0 aromatic carbocycles. The zero-order chi connectivity index (χ0) is 8.55. The number of hydrogen-bond donors (Lipinski definition) is 0. The normalized spacial score (nSPS) is 21.0. The monoisotopic (exact) mass is 163 g/mol. The zero-order valence-electron chi connectivity index (χ0n) is 6.11. The third-order valence-corrected chi connectivity index (χ3v) is 1.58. The maximum atomic E-state index is 10.8. The highest BCUT2D eigenvalue weighted by molar-refractivity contribution is 6.05. The lowest BCUT2D eigenvalue weighted by Gasteiger charge is -2.14. The van der Waals surface area contributed by atoms with Crippen LogP contribution in [0.2, 0.25) is 0 Å². The number of ether oxygens (including phenoxy) is 1. The van der Waals surface area contributed by atoms with Crippen LogP contribution in [0.1, 0.15) is 6.42 Å². The van der Waals surface area contributed by atoms with Crippen LogP contribution >= 0.6 is 0 Å². The summed E-state index contributed by atoms with van der Waals surface area (Å²) >= 11 is 0. The Morgan fingerprint density at radius 1 is 1.42 bits per heavy atom. The molecule has 4 heteroatoms. The fraction of sp³-hybridized carbons (Fsp3) is 0.125. The van der Waals surface area contributed by atoms with Crippen molar-refractivity contribution in [3.05, 3.63) is 23.5 Å². The standard InChI is InChI=1S/C8H5NO3/c10-7-3-6-5(4-9-7)1-2-8(11)12-6/h1,3-4H,2H2. The molecule has 0 fully saturated rings. The molecule has 4 nitrogen and oxygen atoms in total. The second-order valence-electron chi connectivity index (χ2n) is 2.44. The number of dihydropyridines is 1. The van der Waals surface area contributed by atoms with Crippen molar-refractivity contribution >= 4 is 18.1 Å². The molecule has 0 unspecified atom stereocenters. The van der Waals surface area contributed by atoms with Crippen LogP contribution in [0.15, 0.2) is 28.5 Å². The van der Waals surface area contributed by atoms with Gasteiger partial charge in [-0.05, 0) is 0 Å². The van der Waals surface area contributed by atoms with Crippen LogP contribution in [0.4, 0.5) is 0 Å². The quantitative estimate of drug-likeness (QED) is 0.484. The van der Waals surface area contributed by atoms with E-state index in [0.717, 1.165) is 0 Å². The lowest BCUT2D eigenvalue weighted by Crippen LogP contribution is -2.15. The van der Waals surface area contributed by atoms with E-state index in [-0.39, 0.29) is 12.4 Å². The zero-order valence-corrected chi connectivity index (χ0v) is 6.11. The second-order valence-corrected chi connectivity index (χ2v) is 2.44. The first-order valence-electron chi connectivity index (χ1n) is 3.46. The van der Waals surface area contributed by atoms with Crippen molar-refractivity contribution in [1.82, 2.24) is 0 Å². The first-order valence-corrected chi connectivity index (χ1v) is 3.46. The lowest BCUT2D eigenvalue weighted by atomic mass is 10.1. The topological polar surface area (TPSA) is 55.7 Å². The van der Waals surface area contributed by atoms with Gasteiger partial charge < -0.3 is 4.74 Å². The highest BCUT2D eigenvalue weighted by Crippen LogP contribution is 2.19. The molecule has 0 aromatic heterocycles. The minimum absolute atomic E-state index is 0.243. The van der Waals surface area contributed by atoms with Crippen molar-refractivity contribution in [1.29, 1.82) is 0 Å². The molecule has 0 aromatic rings. The molecule has 0 atom stereocenters. The third kappa shape index (κ3) is 1.07. The molecule has 2 aliphatic rings. The van der Waals surface area contributed by atoms with Crippen molar-refractivity contribution in [2.75, 3.05) is 0 Å². The van der Waals surface area contributed by atoms with Gasteiger partial charge in [0, 0.05) is 17.9 Å². The summed E-state index contributed by atoms with van der Waals surface area (Å²) in [6, 6.07) is 0. The van der Waals surface area contributed by atoms with E-state index in [1.807, 2.05) is 0 Å². The number of amides is 1. The molecule has 2 heterocycles. The average molecular weight is 163 g/mol. The molecule has 12 heavy (non-hydrogen) atoms. The minimum Gasteiger partial charge on any atom is -0.425 e. The Balaban J connectivity index is 2.41. The van der Waals surface area contributed by atoms with Crippen LogP contribution in [0.3, 0.4) is 0 Å². The number of fused-ring (bicyclic) bond motifs is 1. The SMILES string of the molecule is O=C1C=C2OC(=O)CC=C2C=N1. The summed E-state index contributed by atoms with van der Waals surface area (Å²) < 4.78 is 4.80. The van der Waals surface area contributed by atoms with Gasteiger partial charge in [-0.25, -0.2) is 4.99 Å². The van der Waals surface area contributed by atoms with E-state index in [4.69, 9.17) is 4.74 Å². The molecular weight excluding hydrogens is 158 g/mol. The number of allylic oxidation sites excluding steroid dienone is 1. The van der Waals surface area contributed by atoms with E-state index < -0.39 is 5.91 Å². The summed E-state index contributed by atoms with van der Waals surface area (Å²) in [7, 11) is 0. The number of aliphatic imine (C=N–C) groups is 1. The largest absolute Gasteiger partial charge is 0.425 e. The van der Waals surface area contributed by atoms with Gasteiger partial charge in [-0.1, -0.05) is 6.08 Å². The predicted octanol–water partition coefficient (Wildman–Crippen LogP) is 0.355. The van der Waals surface area contributed by atoms with Crippen molar-refractivity contribution in [3.8, 4) is 0 Å². The Bertz CT molecular complexity index is 349. The third-order valence-electron chi connectivity index (χ3n) is 1.58. The van der Waals surface area contributed by atoms with Crippen molar-refractivity contribution < 1.29 is 14.3 Å². The van der Waals surface area contributed by atoms with Crippen LogP contribution in [0.25, 0.3) is 0 Å². The number of rotatable bonds is 0. The fourth-order valence-corrected chi connectivity index (χ4v) is 1.03. The second kappa shape index (κ2) is 2.41. The van der Waals surface area contributed by atoms with E-state index in [2.05, 4.69) is 4.99 Å². The Morgan fingerprint density at radius 2 is 2.25 bits per heavy atom. The number of carbonyl (C=O) groups excluding carboxylic acids is 2. The Hall–Kier alpha value is -1.71. The number of hydrogen-bond acceptors (Lipinski definition) is 3. The molecule has 0 N–H and O–H groups in total. The molecule has 0 bridgehead atoms. The molecule has 0 spiro atoms. The van der Waals surface area contributed by atoms with Gasteiger partial charge in [0.1, 0.15) is 5.76 Å². The highest BCUT2D eigenvalue weighted by Gasteiger charge is 2.19. The van der Waals surface area contributed by atoms with Crippen molar-refractivity contribution in [2.45, 2.75) is 6.42 Å². The summed E-state index contributed by atoms with van der Waals surface area (Å²) in [6.45, 7) is 0. The first kappa shape index (κ1) is 6.97. The van der Waals surface area contributed by atoms with Gasteiger partial charge in [-0.2, -0.15) is 0 Å². The smallest absolute Gasteiger partial charge is 0.315 e. The summed E-state index contributed by atoms with van der Waals surface area (Å²) in [5.74, 6) is -0.420. The van der Waals surface area contributed by atoms with Gasteiger partial charge >= 0.3 is 5.97 Å². The van der Waals surface area contributed by atoms with Crippen LogP contribution in [0.5, 0.6) is 0 Å². The average Bonchev–Trinajstić information content (AvgIpc) is 2.03. The summed E-state index contributed by atoms with van der Waals surface area (Å²) in [5, 5.41) is 0. The number of carbonyl (C=O) groups is 2. The highest BCUT2D eigenvalue weighted by atomic mass is 16.5. The molecule has 0 saturated carbocycles. The summed E-state index contributed by atoms with van der Waals surface area (Å²) in [6.07, 6.45) is 4.55.